The number of carbonyl (C=O) groups excluding carboxylic acids is 2. The Bertz CT molecular complexity index is 219. The predicted molar refractivity (Wildman–Crippen MR) is 66.8 cm³/mol. The molecule has 2 aromatic rings. The predicted octanol–water partition coefficient (Wildman–Crippen LogP) is 3.04. The van der Waals surface area contributed by atoms with E-state index in [9.17, 15) is 0 Å². The van der Waals surface area contributed by atoms with Gasteiger partial charge in [0.15, 0.2) is 0 Å². The monoisotopic (exact) mass is 318 g/mol. The Balaban J connectivity index is -0.000000157. The SMILES string of the molecule is C[C-]=O.C[C-]=O.[Ru+4].c1cc[cH-]c1.c1cc[cH-]c1. The van der Waals surface area contributed by atoms with Crippen LogP contribution in [0.1, 0.15) is 13.8 Å². The summed E-state index contributed by atoms with van der Waals surface area (Å²) in [6.45, 7) is 2.64. The van der Waals surface area contributed by atoms with Gasteiger partial charge in [0.1, 0.15) is 0 Å². The van der Waals surface area contributed by atoms with Gasteiger partial charge in [0, 0.05) is 0 Å². The molecule has 0 saturated heterocycles. The van der Waals surface area contributed by atoms with Crippen LogP contribution in [0.5, 0.6) is 0 Å². The minimum atomic E-state index is 0. The van der Waals surface area contributed by atoms with E-state index in [1.165, 1.54) is 26.4 Å². The Morgan fingerprint density at radius 1 is 0.706 bits per heavy atom. The second-order valence-electron chi connectivity index (χ2n) is 2.33. The van der Waals surface area contributed by atoms with Crippen molar-refractivity contribution >= 4 is 12.6 Å². The van der Waals surface area contributed by atoms with Crippen LogP contribution in [0, 0.1) is 0 Å². The third-order valence-electron chi connectivity index (χ3n) is 1.11. The van der Waals surface area contributed by atoms with E-state index in [4.69, 9.17) is 9.59 Å². The summed E-state index contributed by atoms with van der Waals surface area (Å²) in [7, 11) is 0. The van der Waals surface area contributed by atoms with E-state index >= 15 is 0 Å². The summed E-state index contributed by atoms with van der Waals surface area (Å²) in [5.41, 5.74) is 0. The third-order valence-corrected chi connectivity index (χ3v) is 1.11. The Hall–Kier alpha value is -1.34. The van der Waals surface area contributed by atoms with E-state index < -0.39 is 0 Å². The van der Waals surface area contributed by atoms with E-state index in [1.54, 1.807) is 0 Å². The molecule has 0 spiro atoms. The molecule has 0 atom stereocenters. The van der Waals surface area contributed by atoms with Gasteiger partial charge in [-0.15, -0.1) is 0 Å². The molecule has 92 valence electrons. The van der Waals surface area contributed by atoms with Gasteiger partial charge in [0.05, 0.1) is 0 Å². The molecule has 2 nitrogen and oxygen atoms in total. The summed E-state index contributed by atoms with van der Waals surface area (Å²) in [4.78, 5) is 17.4. The van der Waals surface area contributed by atoms with Crippen LogP contribution < -0.4 is 0 Å². The Kier molecular flexibility index (Phi) is 29.7. The fraction of sp³-hybridized carbons (Fsp3) is 0.143. The molecule has 0 fully saturated rings. The molecule has 0 aliphatic carbocycles. The molecule has 0 unspecified atom stereocenters. The second kappa shape index (κ2) is 24.1. The number of hydrogen-bond acceptors (Lipinski definition) is 2. The molecular weight excluding hydrogens is 301 g/mol. The van der Waals surface area contributed by atoms with Gasteiger partial charge in [0.25, 0.3) is 0 Å². The van der Waals surface area contributed by atoms with Gasteiger partial charge in [-0.25, -0.2) is 24.3 Å². The van der Waals surface area contributed by atoms with Crippen molar-refractivity contribution in [2.24, 2.45) is 0 Å². The van der Waals surface area contributed by atoms with Crippen molar-refractivity contribution in [1.29, 1.82) is 0 Å². The molecule has 0 N–H and O–H groups in total. The topological polar surface area (TPSA) is 34.1 Å². The summed E-state index contributed by atoms with van der Waals surface area (Å²) < 4.78 is 0. The van der Waals surface area contributed by atoms with Crippen LogP contribution in [0.15, 0.2) is 60.7 Å². The Morgan fingerprint density at radius 2 is 0.882 bits per heavy atom. The maximum absolute atomic E-state index is 8.68. The van der Waals surface area contributed by atoms with Crippen molar-refractivity contribution in [2.45, 2.75) is 13.8 Å². The normalized spacial score (nSPS) is 6.24. The molecule has 0 aromatic heterocycles. The summed E-state index contributed by atoms with van der Waals surface area (Å²) >= 11 is 0. The maximum atomic E-state index is 8.68. The molecule has 3 heteroatoms. The van der Waals surface area contributed by atoms with E-state index in [0.717, 1.165) is 0 Å². The minimum Gasteiger partial charge on any atom is -0.542 e. The molecule has 2 rings (SSSR count). The van der Waals surface area contributed by atoms with Crippen molar-refractivity contribution in [3.63, 3.8) is 0 Å². The first-order chi connectivity index (χ1) is 7.83. The summed E-state index contributed by atoms with van der Waals surface area (Å²) in [6, 6.07) is 20.0. The van der Waals surface area contributed by atoms with Crippen LogP contribution in [0.2, 0.25) is 0 Å². The smallest absolute Gasteiger partial charge is 0.542 e. The van der Waals surface area contributed by atoms with Gasteiger partial charge in [-0.1, -0.05) is 0 Å². The van der Waals surface area contributed by atoms with Crippen molar-refractivity contribution in [1.82, 2.24) is 0 Å². The fourth-order valence-electron chi connectivity index (χ4n) is 0.642. The van der Waals surface area contributed by atoms with Gasteiger partial charge >= 0.3 is 19.5 Å². The fourth-order valence-corrected chi connectivity index (χ4v) is 0.642. The van der Waals surface area contributed by atoms with Crippen LogP contribution in [0.25, 0.3) is 0 Å². The third kappa shape index (κ3) is 31.3. The van der Waals surface area contributed by atoms with Crippen molar-refractivity contribution < 1.29 is 29.1 Å². The van der Waals surface area contributed by atoms with Crippen molar-refractivity contribution in [2.75, 3.05) is 0 Å². The van der Waals surface area contributed by atoms with E-state index in [-0.39, 0.29) is 19.5 Å². The first-order valence-electron chi connectivity index (χ1n) is 4.74. The van der Waals surface area contributed by atoms with Gasteiger partial charge in [-0.2, -0.15) is 50.2 Å². The van der Waals surface area contributed by atoms with Crippen LogP contribution in [-0.2, 0) is 29.1 Å². The van der Waals surface area contributed by atoms with Gasteiger partial charge in [-0.3, -0.25) is 12.6 Å². The Morgan fingerprint density at radius 3 is 0.941 bits per heavy atom. The van der Waals surface area contributed by atoms with E-state index in [0.29, 0.717) is 0 Å². The minimum absolute atomic E-state index is 0. The molecule has 0 aliphatic rings. The first-order valence-corrected chi connectivity index (χ1v) is 4.74. The van der Waals surface area contributed by atoms with Gasteiger partial charge in [0.2, 0.25) is 0 Å². The van der Waals surface area contributed by atoms with Crippen LogP contribution in [-0.4, -0.2) is 12.6 Å². The second-order valence-corrected chi connectivity index (χ2v) is 2.33. The molecule has 0 aliphatic heterocycles. The Labute approximate surface area is 116 Å². The molecule has 0 heterocycles. The van der Waals surface area contributed by atoms with E-state index in [2.05, 4.69) is 0 Å². The molecule has 2 aromatic carbocycles. The van der Waals surface area contributed by atoms with Crippen LogP contribution in [0.3, 0.4) is 0 Å². The summed E-state index contributed by atoms with van der Waals surface area (Å²) in [5.74, 6) is 0. The number of hydrogen-bond donors (Lipinski definition) is 0. The summed E-state index contributed by atoms with van der Waals surface area (Å²) in [5, 5.41) is 0. The molecule has 17 heavy (non-hydrogen) atoms. The average Bonchev–Trinajstić information content (AvgIpc) is 3.00. The largest absolute Gasteiger partial charge is 4.00 e. The van der Waals surface area contributed by atoms with Gasteiger partial charge in [-0.05, 0) is 0 Å². The number of rotatable bonds is 0. The molecule has 0 saturated carbocycles. The van der Waals surface area contributed by atoms with E-state index in [1.807, 2.05) is 60.7 Å². The first kappa shape index (κ1) is 21.0. The van der Waals surface area contributed by atoms with Crippen LogP contribution in [0.4, 0.5) is 0 Å². The summed E-state index contributed by atoms with van der Waals surface area (Å²) in [6.07, 6.45) is 3.00. The van der Waals surface area contributed by atoms with Crippen LogP contribution >= 0.6 is 0 Å². The molecular formula is C14H16O2Ru. The molecule has 0 amide bonds. The molecule has 0 bridgehead atoms. The quantitative estimate of drug-likeness (QED) is 0.553. The maximum Gasteiger partial charge on any atom is 4.00 e. The standard InChI is InChI=1S/2C5H5.2C2H3O.Ru/c2*1-2-4-5-3-1;2*1-2-3;/h2*1-5H;2*1H3;/q4*-1;+4. The zero-order valence-electron chi connectivity index (χ0n) is 9.94. The zero-order chi connectivity index (χ0) is 12.5. The molecule has 0 radical (unpaired) electrons. The van der Waals surface area contributed by atoms with Gasteiger partial charge < -0.3 is 9.59 Å². The van der Waals surface area contributed by atoms with Crippen molar-refractivity contribution in [3.8, 4) is 0 Å². The average molecular weight is 317 g/mol. The van der Waals surface area contributed by atoms with Crippen molar-refractivity contribution in [3.05, 3.63) is 60.7 Å². The zero-order valence-corrected chi connectivity index (χ0v) is 11.7.